The second-order valence-corrected chi connectivity index (χ2v) is 6.63. The molecule has 0 fully saturated rings. The molecule has 1 aromatic rings. The number of benzene rings is 1. The highest BCUT2D eigenvalue weighted by Gasteiger charge is 2.33. The largest absolute Gasteiger partial charge is 0.506 e. The van der Waals surface area contributed by atoms with Crippen LogP contribution in [0.25, 0.3) is 0 Å². The highest BCUT2D eigenvalue weighted by molar-refractivity contribution is 9.10. The minimum atomic E-state index is -0.230. The Morgan fingerprint density at radius 1 is 1.58 bits per heavy atom. The van der Waals surface area contributed by atoms with Gasteiger partial charge in [0.1, 0.15) is 11.6 Å². The Morgan fingerprint density at radius 3 is 2.89 bits per heavy atom. The molecule has 1 amide bonds. The molecule has 0 unspecified atom stereocenters. The van der Waals surface area contributed by atoms with Gasteiger partial charge in [-0.2, -0.15) is 0 Å². The summed E-state index contributed by atoms with van der Waals surface area (Å²) in [6.45, 7) is 4.71. The average Bonchev–Trinajstić information content (AvgIpc) is 2.65. The van der Waals surface area contributed by atoms with Gasteiger partial charge in [-0.25, -0.2) is 0 Å². The van der Waals surface area contributed by atoms with Crippen molar-refractivity contribution in [2.24, 2.45) is 0 Å². The minimum absolute atomic E-state index is 0.0670. The molecular formula is C14H17BrClNO2. The van der Waals surface area contributed by atoms with Crippen LogP contribution in [0.15, 0.2) is 10.5 Å². The van der Waals surface area contributed by atoms with Crippen LogP contribution in [0.4, 0.5) is 0 Å². The molecule has 1 aliphatic carbocycles. The molecule has 1 aromatic carbocycles. The molecule has 1 aliphatic rings. The first-order chi connectivity index (χ1) is 8.86. The fourth-order valence-corrected chi connectivity index (χ4v) is 3.18. The Labute approximate surface area is 126 Å². The lowest BCUT2D eigenvalue weighted by Crippen LogP contribution is -2.24. The van der Waals surface area contributed by atoms with Crippen LogP contribution in [0.3, 0.4) is 0 Å². The molecule has 3 nitrogen and oxygen atoms in total. The van der Waals surface area contributed by atoms with Gasteiger partial charge in [0, 0.05) is 12.1 Å². The van der Waals surface area contributed by atoms with E-state index in [-0.39, 0.29) is 23.0 Å². The van der Waals surface area contributed by atoms with E-state index < -0.39 is 0 Å². The Morgan fingerprint density at radius 2 is 2.26 bits per heavy atom. The summed E-state index contributed by atoms with van der Waals surface area (Å²) in [4.78, 5) is 11.3. The second-order valence-electron chi connectivity index (χ2n) is 5.51. The molecule has 0 aliphatic heterocycles. The van der Waals surface area contributed by atoms with E-state index in [4.69, 9.17) is 11.6 Å². The summed E-state index contributed by atoms with van der Waals surface area (Å²) in [6, 6.07) is 1.99. The molecule has 0 spiro atoms. The predicted octanol–water partition coefficient (Wildman–Crippen LogP) is 3.23. The number of halogens is 2. The molecule has 0 saturated carbocycles. The van der Waals surface area contributed by atoms with Crippen molar-refractivity contribution >= 4 is 33.4 Å². The molecule has 0 atom stereocenters. The highest BCUT2D eigenvalue weighted by Crippen LogP contribution is 2.45. The third-order valence-corrected chi connectivity index (χ3v) is 4.63. The molecule has 104 valence electrons. The van der Waals surface area contributed by atoms with Crippen LogP contribution in [0.5, 0.6) is 5.75 Å². The Kier molecular flexibility index (Phi) is 4.11. The number of carbonyl (C=O) groups excluding carboxylic acids is 1. The van der Waals surface area contributed by atoms with Crippen LogP contribution in [0, 0.1) is 0 Å². The number of nitrogens with one attached hydrogen (secondary N) is 1. The standard InChI is InChI=1S/C14H17BrClNO2/c1-14(2)4-3-8-9(7-17-12(18)6-16)13(19)11(15)5-10(8)14/h5,19H,3-4,6-7H2,1-2H3,(H,17,18). The number of fused-ring (bicyclic) bond motifs is 1. The van der Waals surface area contributed by atoms with Gasteiger partial charge in [0.15, 0.2) is 0 Å². The van der Waals surface area contributed by atoms with E-state index in [0.717, 1.165) is 24.0 Å². The summed E-state index contributed by atoms with van der Waals surface area (Å²) < 4.78 is 0.677. The molecule has 0 bridgehead atoms. The zero-order valence-corrected chi connectivity index (χ0v) is 13.4. The van der Waals surface area contributed by atoms with Crippen LogP contribution in [-0.4, -0.2) is 16.9 Å². The molecule has 0 aromatic heterocycles. The first-order valence-corrected chi connectivity index (χ1v) is 7.56. The van der Waals surface area contributed by atoms with Gasteiger partial charge in [0.25, 0.3) is 0 Å². The number of hydrogen-bond donors (Lipinski definition) is 2. The number of carbonyl (C=O) groups is 1. The third kappa shape index (κ3) is 2.75. The van der Waals surface area contributed by atoms with Crippen molar-refractivity contribution in [2.75, 3.05) is 5.88 Å². The molecule has 2 N–H and O–H groups in total. The highest BCUT2D eigenvalue weighted by atomic mass is 79.9. The van der Waals surface area contributed by atoms with Crippen LogP contribution in [0.1, 0.15) is 37.0 Å². The maximum absolute atomic E-state index is 11.3. The fourth-order valence-electron chi connectivity index (χ4n) is 2.62. The van der Waals surface area contributed by atoms with Gasteiger partial charge in [0.05, 0.1) is 4.47 Å². The van der Waals surface area contributed by atoms with Crippen molar-refractivity contribution < 1.29 is 9.90 Å². The van der Waals surface area contributed by atoms with Crippen LogP contribution >= 0.6 is 27.5 Å². The minimum Gasteiger partial charge on any atom is -0.506 e. The Balaban J connectivity index is 2.40. The smallest absolute Gasteiger partial charge is 0.235 e. The lowest BCUT2D eigenvalue weighted by atomic mass is 9.86. The molecular weight excluding hydrogens is 330 g/mol. The Hall–Kier alpha value is -0.740. The lowest BCUT2D eigenvalue weighted by Gasteiger charge is -2.21. The van der Waals surface area contributed by atoms with Gasteiger partial charge in [-0.15, -0.1) is 11.6 Å². The van der Waals surface area contributed by atoms with Crippen molar-refractivity contribution in [3.05, 3.63) is 27.2 Å². The van der Waals surface area contributed by atoms with Gasteiger partial charge in [0.2, 0.25) is 5.91 Å². The first kappa shape index (κ1) is 14.7. The number of alkyl halides is 1. The van der Waals surface area contributed by atoms with Crippen LogP contribution in [0.2, 0.25) is 0 Å². The van der Waals surface area contributed by atoms with Gasteiger partial charge in [-0.3, -0.25) is 4.79 Å². The van der Waals surface area contributed by atoms with Crippen molar-refractivity contribution in [1.29, 1.82) is 0 Å². The van der Waals surface area contributed by atoms with E-state index >= 15 is 0 Å². The number of rotatable bonds is 3. The number of hydrogen-bond acceptors (Lipinski definition) is 2. The SMILES string of the molecule is CC1(C)CCc2c1cc(Br)c(O)c2CNC(=O)CCl. The fraction of sp³-hybridized carbons (Fsp3) is 0.500. The molecule has 0 heterocycles. The van der Waals surface area contributed by atoms with Crippen LogP contribution in [-0.2, 0) is 23.2 Å². The zero-order chi connectivity index (χ0) is 14.2. The molecule has 2 rings (SSSR count). The molecule has 5 heteroatoms. The summed E-state index contributed by atoms with van der Waals surface area (Å²) >= 11 is 8.85. The summed E-state index contributed by atoms with van der Waals surface area (Å²) in [6.07, 6.45) is 1.98. The monoisotopic (exact) mass is 345 g/mol. The maximum atomic E-state index is 11.3. The topological polar surface area (TPSA) is 49.3 Å². The van der Waals surface area contributed by atoms with E-state index in [1.54, 1.807) is 0 Å². The predicted molar refractivity (Wildman–Crippen MR) is 79.7 cm³/mol. The quantitative estimate of drug-likeness (QED) is 0.826. The average molecular weight is 347 g/mol. The molecule has 19 heavy (non-hydrogen) atoms. The van der Waals surface area contributed by atoms with Gasteiger partial charge in [-0.1, -0.05) is 13.8 Å². The molecule has 0 radical (unpaired) electrons. The van der Waals surface area contributed by atoms with E-state index in [1.807, 2.05) is 6.07 Å². The lowest BCUT2D eigenvalue weighted by molar-refractivity contribution is -0.118. The normalized spacial score (nSPS) is 16.2. The summed E-state index contributed by atoms with van der Waals surface area (Å²) in [5.41, 5.74) is 3.30. The molecule has 0 saturated heterocycles. The van der Waals surface area contributed by atoms with E-state index in [2.05, 4.69) is 35.1 Å². The van der Waals surface area contributed by atoms with Crippen LogP contribution < -0.4 is 5.32 Å². The second kappa shape index (κ2) is 5.33. The number of phenols is 1. The van der Waals surface area contributed by atoms with Crippen molar-refractivity contribution in [2.45, 2.75) is 38.6 Å². The number of amides is 1. The van der Waals surface area contributed by atoms with E-state index in [9.17, 15) is 9.90 Å². The van der Waals surface area contributed by atoms with Gasteiger partial charge in [-0.05, 0) is 51.4 Å². The van der Waals surface area contributed by atoms with E-state index in [0.29, 0.717) is 11.0 Å². The zero-order valence-electron chi connectivity index (χ0n) is 11.0. The van der Waals surface area contributed by atoms with Crippen molar-refractivity contribution in [1.82, 2.24) is 5.32 Å². The van der Waals surface area contributed by atoms with Gasteiger partial charge >= 0.3 is 0 Å². The third-order valence-electron chi connectivity index (χ3n) is 3.79. The van der Waals surface area contributed by atoms with Crippen molar-refractivity contribution in [3.8, 4) is 5.75 Å². The summed E-state index contributed by atoms with van der Waals surface area (Å²) in [5, 5.41) is 12.9. The maximum Gasteiger partial charge on any atom is 0.235 e. The van der Waals surface area contributed by atoms with E-state index in [1.165, 1.54) is 5.56 Å². The number of phenolic OH excluding ortho intramolecular Hbond substituents is 1. The first-order valence-electron chi connectivity index (χ1n) is 6.23. The summed E-state index contributed by atoms with van der Waals surface area (Å²) in [7, 11) is 0. The summed E-state index contributed by atoms with van der Waals surface area (Å²) in [5.74, 6) is -0.0824. The Bertz CT molecular complexity index is 529. The van der Waals surface area contributed by atoms with Gasteiger partial charge < -0.3 is 10.4 Å². The van der Waals surface area contributed by atoms with Crippen molar-refractivity contribution in [3.63, 3.8) is 0 Å². The number of aromatic hydroxyl groups is 1.